The van der Waals surface area contributed by atoms with Crippen molar-refractivity contribution in [2.45, 2.75) is 63.2 Å². The number of nitrogens with one attached hydrogen (secondary N) is 2. The minimum Gasteiger partial charge on any atom is -0.496 e. The molecule has 3 aromatic carbocycles. The number of halogens is 4. The van der Waals surface area contributed by atoms with E-state index >= 15 is 0 Å². The molecule has 3 fully saturated rings. The summed E-state index contributed by atoms with van der Waals surface area (Å²) in [5.74, 6) is -0.608. The van der Waals surface area contributed by atoms with Crippen molar-refractivity contribution in [1.29, 1.82) is 5.26 Å². The Kier molecular flexibility index (Phi) is 13.1. The first-order valence-electron chi connectivity index (χ1n) is 19.0. The van der Waals surface area contributed by atoms with E-state index in [0.717, 1.165) is 80.5 Å². The lowest BCUT2D eigenvalue weighted by Crippen LogP contribution is -2.50. The van der Waals surface area contributed by atoms with Gasteiger partial charge in [-0.3, -0.25) is 24.6 Å². The van der Waals surface area contributed by atoms with Crippen molar-refractivity contribution in [1.82, 2.24) is 15.5 Å². The van der Waals surface area contributed by atoms with E-state index in [2.05, 4.69) is 20.4 Å². The lowest BCUT2D eigenvalue weighted by atomic mass is 9.89. The summed E-state index contributed by atoms with van der Waals surface area (Å²) in [5.41, 5.74) is 0.848. The summed E-state index contributed by atoms with van der Waals surface area (Å²) in [6, 6.07) is 15.0. The average Bonchev–Trinajstić information content (AvgIpc) is 3.20. The standard InChI is InChI=1S/C41H46F4N6O5/c1-55-36-23-31(22-30(33(36)26-52)25-47-34-9-11-37(53)48-40(34)54)50-19-17-49(18-20-50)14-2-3-21-56-32-7-4-27(5-8-32)28-12-15-51(16-13-28)35-10-6-29(24-46)38(39(35)42)41(43,44)45/h4-8,10,22-23,26,28,34,47H,2-3,9,11-21,25H2,1H3,(H,48,53,54). The summed E-state index contributed by atoms with van der Waals surface area (Å²) in [6.45, 7) is 5.94. The van der Waals surface area contributed by atoms with E-state index in [1.54, 1.807) is 4.90 Å². The molecule has 2 N–H and O–H groups in total. The summed E-state index contributed by atoms with van der Waals surface area (Å²) in [6.07, 6.45) is -0.357. The molecule has 0 spiro atoms. The van der Waals surface area contributed by atoms with Crippen molar-refractivity contribution in [3.63, 3.8) is 0 Å². The number of hydrogen-bond donors (Lipinski definition) is 2. The lowest BCUT2D eigenvalue weighted by molar-refractivity contribution is -0.140. The molecule has 0 bridgehead atoms. The van der Waals surface area contributed by atoms with Crippen LogP contribution in [0, 0.1) is 17.1 Å². The van der Waals surface area contributed by atoms with E-state index in [1.165, 1.54) is 19.2 Å². The van der Waals surface area contributed by atoms with Gasteiger partial charge in [-0.1, -0.05) is 12.1 Å². The SMILES string of the molecule is COc1cc(N2CCN(CCCCOc3ccc(C4CCN(c5ccc(C#N)c(C(F)(F)F)c5F)CC4)cc3)CC2)cc(CNC2CCC(=O)NC2=O)c1C=O. The number of piperidine rings is 2. The average molecular weight is 779 g/mol. The number of unbranched alkanes of at least 4 members (excludes halogenated alkanes) is 1. The fourth-order valence-electron chi connectivity index (χ4n) is 7.75. The van der Waals surface area contributed by atoms with Gasteiger partial charge in [0.05, 0.1) is 42.6 Å². The number of anilines is 2. The van der Waals surface area contributed by atoms with Gasteiger partial charge in [-0.2, -0.15) is 18.4 Å². The third kappa shape index (κ3) is 9.59. The molecule has 3 aromatic rings. The van der Waals surface area contributed by atoms with Gasteiger partial charge in [0.1, 0.15) is 17.1 Å². The molecular formula is C41H46F4N6O5. The van der Waals surface area contributed by atoms with Gasteiger partial charge in [0, 0.05) is 64.0 Å². The Morgan fingerprint density at radius 1 is 0.964 bits per heavy atom. The van der Waals surface area contributed by atoms with Gasteiger partial charge in [-0.15, -0.1) is 0 Å². The zero-order chi connectivity index (χ0) is 39.8. The number of benzene rings is 3. The molecule has 0 aromatic heterocycles. The number of hydrogen-bond acceptors (Lipinski definition) is 10. The van der Waals surface area contributed by atoms with Crippen LogP contribution in [0.25, 0.3) is 0 Å². The highest BCUT2D eigenvalue weighted by molar-refractivity contribution is 6.00. The molecule has 2 amide bonds. The molecule has 1 atom stereocenters. The minimum absolute atomic E-state index is 0.127. The maximum atomic E-state index is 15.0. The van der Waals surface area contributed by atoms with Crippen molar-refractivity contribution in [3.05, 3.63) is 82.2 Å². The van der Waals surface area contributed by atoms with Gasteiger partial charge in [0.15, 0.2) is 12.1 Å². The Morgan fingerprint density at radius 2 is 1.70 bits per heavy atom. The van der Waals surface area contributed by atoms with Crippen LogP contribution in [0.5, 0.6) is 11.5 Å². The fraction of sp³-hybridized carbons (Fsp3) is 0.463. The zero-order valence-corrected chi connectivity index (χ0v) is 31.3. The third-order valence-electron chi connectivity index (χ3n) is 10.9. The summed E-state index contributed by atoms with van der Waals surface area (Å²) in [4.78, 5) is 42.0. The topological polar surface area (TPSA) is 127 Å². The maximum absolute atomic E-state index is 15.0. The molecule has 6 rings (SSSR count). The van der Waals surface area contributed by atoms with Crippen LogP contribution < -0.4 is 29.9 Å². The number of rotatable bonds is 14. The highest BCUT2D eigenvalue weighted by Gasteiger charge is 2.39. The Balaban J connectivity index is 0.913. The number of nitrogens with zero attached hydrogens (tertiary/aromatic N) is 4. The van der Waals surface area contributed by atoms with Crippen molar-refractivity contribution in [2.24, 2.45) is 0 Å². The van der Waals surface area contributed by atoms with E-state index < -0.39 is 29.2 Å². The predicted octanol–water partition coefficient (Wildman–Crippen LogP) is 5.80. The molecule has 3 aliphatic heterocycles. The smallest absolute Gasteiger partial charge is 0.420 e. The number of aldehydes is 1. The molecule has 3 aliphatic rings. The highest BCUT2D eigenvalue weighted by atomic mass is 19.4. The molecule has 1 unspecified atom stereocenters. The molecule has 298 valence electrons. The second-order valence-corrected chi connectivity index (χ2v) is 14.4. The van der Waals surface area contributed by atoms with Gasteiger partial charge in [0.25, 0.3) is 0 Å². The number of carbonyl (C=O) groups is 3. The number of methoxy groups -OCH3 is 1. The molecule has 3 heterocycles. The molecular weight excluding hydrogens is 732 g/mol. The summed E-state index contributed by atoms with van der Waals surface area (Å²) in [5, 5.41) is 14.6. The second-order valence-electron chi connectivity index (χ2n) is 14.4. The highest BCUT2D eigenvalue weighted by Crippen LogP contribution is 2.39. The van der Waals surface area contributed by atoms with Gasteiger partial charge < -0.3 is 24.6 Å². The van der Waals surface area contributed by atoms with Crippen LogP contribution in [0.3, 0.4) is 0 Å². The Hall–Kier alpha value is -5.20. The normalized spacial score (nSPS) is 18.4. The van der Waals surface area contributed by atoms with Gasteiger partial charge in [-0.05, 0) is 86.0 Å². The van der Waals surface area contributed by atoms with Crippen LogP contribution in [-0.4, -0.2) is 88.6 Å². The number of piperazine rings is 1. The number of alkyl halides is 3. The molecule has 15 heteroatoms. The number of amides is 2. The fourth-order valence-corrected chi connectivity index (χ4v) is 7.75. The van der Waals surface area contributed by atoms with E-state index in [1.807, 2.05) is 36.4 Å². The number of imide groups is 1. The molecule has 56 heavy (non-hydrogen) atoms. The Morgan fingerprint density at radius 3 is 2.34 bits per heavy atom. The maximum Gasteiger partial charge on any atom is 0.420 e. The van der Waals surface area contributed by atoms with Gasteiger partial charge in [-0.25, -0.2) is 4.39 Å². The Labute approximate surface area is 323 Å². The zero-order valence-electron chi connectivity index (χ0n) is 31.3. The van der Waals surface area contributed by atoms with Crippen LogP contribution in [-0.2, 0) is 22.3 Å². The first-order chi connectivity index (χ1) is 27.0. The van der Waals surface area contributed by atoms with E-state index in [4.69, 9.17) is 14.7 Å². The Bertz CT molecular complexity index is 1920. The van der Waals surface area contributed by atoms with E-state index in [9.17, 15) is 31.9 Å². The summed E-state index contributed by atoms with van der Waals surface area (Å²) < 4.78 is 67.0. The lowest BCUT2D eigenvalue weighted by Gasteiger charge is -2.36. The molecule has 11 nitrogen and oxygen atoms in total. The van der Waals surface area contributed by atoms with Gasteiger partial charge in [0.2, 0.25) is 11.8 Å². The van der Waals surface area contributed by atoms with Crippen LogP contribution in [0.1, 0.15) is 77.1 Å². The summed E-state index contributed by atoms with van der Waals surface area (Å²) >= 11 is 0. The first kappa shape index (κ1) is 40.5. The van der Waals surface area contributed by atoms with Crippen molar-refractivity contribution in [3.8, 4) is 17.6 Å². The summed E-state index contributed by atoms with van der Waals surface area (Å²) in [7, 11) is 1.53. The predicted molar refractivity (Wildman–Crippen MR) is 202 cm³/mol. The minimum atomic E-state index is -4.95. The van der Waals surface area contributed by atoms with Crippen molar-refractivity contribution < 1.29 is 41.4 Å². The van der Waals surface area contributed by atoms with E-state index in [0.29, 0.717) is 50.3 Å². The molecule has 0 saturated carbocycles. The number of ether oxygens (including phenoxy) is 2. The third-order valence-corrected chi connectivity index (χ3v) is 10.9. The van der Waals surface area contributed by atoms with Crippen molar-refractivity contribution >= 4 is 29.5 Å². The molecule has 3 saturated heterocycles. The quantitative estimate of drug-likeness (QED) is 0.0899. The van der Waals surface area contributed by atoms with Crippen LogP contribution in [0.2, 0.25) is 0 Å². The largest absolute Gasteiger partial charge is 0.496 e. The number of carbonyl (C=O) groups excluding carboxylic acids is 3. The van der Waals surface area contributed by atoms with Crippen LogP contribution in [0.15, 0.2) is 48.5 Å². The van der Waals surface area contributed by atoms with Crippen LogP contribution >= 0.6 is 0 Å². The molecule has 0 aliphatic carbocycles. The second kappa shape index (κ2) is 18.2. The van der Waals surface area contributed by atoms with Crippen molar-refractivity contribution in [2.75, 3.05) is 69.3 Å². The number of nitriles is 1. The van der Waals surface area contributed by atoms with Gasteiger partial charge >= 0.3 is 6.18 Å². The molecule has 0 radical (unpaired) electrons. The van der Waals surface area contributed by atoms with Crippen LogP contribution in [0.4, 0.5) is 28.9 Å². The first-order valence-corrected chi connectivity index (χ1v) is 19.0. The van der Waals surface area contributed by atoms with E-state index in [-0.39, 0.29) is 36.4 Å². The monoisotopic (exact) mass is 778 g/mol.